The molecule has 4 rings (SSSR count). The molecule has 4 aliphatic carbocycles. The molecule has 0 aliphatic heterocycles. The molecule has 4 saturated carbocycles. The summed E-state index contributed by atoms with van der Waals surface area (Å²) in [5.41, 5.74) is 0.157. The number of hydrogen-bond donors (Lipinski definition) is 0. The van der Waals surface area contributed by atoms with Gasteiger partial charge in [0.15, 0.2) is 0 Å². The molecule has 14 heavy (non-hydrogen) atoms. The first-order valence-corrected chi connectivity index (χ1v) is 5.97. The largest absolute Gasteiger partial charge is 0.290 e. The second kappa shape index (κ2) is 2.43. The fourth-order valence-corrected chi connectivity index (χ4v) is 4.69. The van der Waals surface area contributed by atoms with Gasteiger partial charge in [0.05, 0.1) is 0 Å². The first-order chi connectivity index (χ1) is 6.57. The molecule has 1 radical (unpaired) electrons. The summed E-state index contributed by atoms with van der Waals surface area (Å²) in [6, 6.07) is 0. The molecule has 2 unspecified atom stereocenters. The normalized spacial score (nSPS) is 53.4. The van der Waals surface area contributed by atoms with Crippen LogP contribution in [0.5, 0.6) is 0 Å². The summed E-state index contributed by atoms with van der Waals surface area (Å²) < 4.78 is 0. The fourth-order valence-electron chi connectivity index (χ4n) is 4.69. The zero-order chi connectivity index (χ0) is 9.97. The van der Waals surface area contributed by atoms with E-state index in [9.17, 15) is 4.79 Å². The Morgan fingerprint density at radius 1 is 1.07 bits per heavy atom. The van der Waals surface area contributed by atoms with E-state index < -0.39 is 0 Å². The minimum atomic E-state index is -0.0677. The molecule has 0 amide bonds. The van der Waals surface area contributed by atoms with Gasteiger partial charge in [-0.05, 0) is 55.3 Å². The minimum Gasteiger partial charge on any atom is -0.290 e. The van der Waals surface area contributed by atoms with Crippen LogP contribution in [0.15, 0.2) is 0 Å². The van der Waals surface area contributed by atoms with Crippen molar-refractivity contribution in [2.75, 3.05) is 0 Å². The van der Waals surface area contributed by atoms with Crippen molar-refractivity contribution >= 4 is 6.29 Å². The Morgan fingerprint density at radius 3 is 2.14 bits per heavy atom. The van der Waals surface area contributed by atoms with Crippen LogP contribution in [-0.4, -0.2) is 6.29 Å². The highest BCUT2D eigenvalue weighted by atomic mass is 16.1. The quantitative estimate of drug-likeness (QED) is 0.622. The van der Waals surface area contributed by atoms with Crippen molar-refractivity contribution in [3.8, 4) is 0 Å². The molecule has 0 aromatic heterocycles. The Kier molecular flexibility index (Phi) is 1.55. The van der Waals surface area contributed by atoms with Crippen LogP contribution >= 0.6 is 0 Å². The van der Waals surface area contributed by atoms with Gasteiger partial charge >= 0.3 is 0 Å². The van der Waals surface area contributed by atoms with Gasteiger partial charge in [0.1, 0.15) is 0 Å². The zero-order valence-electron chi connectivity index (χ0n) is 9.18. The summed E-state index contributed by atoms with van der Waals surface area (Å²) in [5, 5.41) is 0. The predicted molar refractivity (Wildman–Crippen MR) is 55.5 cm³/mol. The van der Waals surface area contributed by atoms with Gasteiger partial charge < -0.3 is 0 Å². The molecule has 1 heteroatoms. The van der Waals surface area contributed by atoms with Crippen LogP contribution in [0, 0.1) is 28.6 Å². The van der Waals surface area contributed by atoms with Crippen LogP contribution in [0.1, 0.15) is 46.0 Å². The lowest BCUT2D eigenvalue weighted by molar-refractivity contribution is -0.121. The third-order valence-corrected chi connectivity index (χ3v) is 5.63. The zero-order valence-corrected chi connectivity index (χ0v) is 9.18. The Labute approximate surface area is 86.3 Å². The van der Waals surface area contributed by atoms with Gasteiger partial charge in [0.25, 0.3) is 0 Å². The van der Waals surface area contributed by atoms with Crippen molar-refractivity contribution in [1.29, 1.82) is 0 Å². The fraction of sp³-hybridized carbons (Fsp3) is 0.923. The molecule has 0 spiro atoms. The Balaban J connectivity index is 2.06. The van der Waals surface area contributed by atoms with Crippen molar-refractivity contribution in [1.82, 2.24) is 0 Å². The highest BCUT2D eigenvalue weighted by Gasteiger charge is 2.61. The summed E-state index contributed by atoms with van der Waals surface area (Å²) in [5.74, 6) is 2.50. The van der Waals surface area contributed by atoms with Crippen LogP contribution in [0.4, 0.5) is 0 Å². The van der Waals surface area contributed by atoms with E-state index in [1.165, 1.54) is 19.3 Å². The maximum absolute atomic E-state index is 11.3. The lowest BCUT2D eigenvalue weighted by Gasteiger charge is -2.63. The number of hydrogen-bond acceptors (Lipinski definition) is 1. The molecule has 4 fully saturated rings. The maximum Gasteiger partial charge on any atom is 0.205 e. The third kappa shape index (κ3) is 0.844. The van der Waals surface area contributed by atoms with Gasteiger partial charge in [-0.15, -0.1) is 0 Å². The van der Waals surface area contributed by atoms with Crippen LogP contribution in [-0.2, 0) is 4.79 Å². The van der Waals surface area contributed by atoms with Crippen molar-refractivity contribution in [2.45, 2.75) is 46.0 Å². The summed E-state index contributed by atoms with van der Waals surface area (Å²) >= 11 is 0. The number of rotatable bonds is 1. The van der Waals surface area contributed by atoms with Gasteiger partial charge in [-0.1, -0.05) is 13.8 Å². The van der Waals surface area contributed by atoms with Crippen LogP contribution in [0.25, 0.3) is 0 Å². The molecule has 2 atom stereocenters. The average molecular weight is 191 g/mol. The van der Waals surface area contributed by atoms with Crippen molar-refractivity contribution < 1.29 is 4.79 Å². The van der Waals surface area contributed by atoms with E-state index >= 15 is 0 Å². The molecular formula is C13H19O. The van der Waals surface area contributed by atoms with Crippen LogP contribution in [0.3, 0.4) is 0 Å². The summed E-state index contributed by atoms with van der Waals surface area (Å²) in [4.78, 5) is 11.3. The van der Waals surface area contributed by atoms with Gasteiger partial charge in [-0.25, -0.2) is 0 Å². The molecule has 0 aromatic rings. The second-order valence-electron chi connectivity index (χ2n) is 6.45. The molecule has 1 nitrogen and oxygen atoms in total. The predicted octanol–water partition coefficient (Wildman–Crippen LogP) is 2.95. The van der Waals surface area contributed by atoms with Gasteiger partial charge in [-0.3, -0.25) is 4.79 Å². The van der Waals surface area contributed by atoms with Gasteiger partial charge in [0, 0.05) is 5.41 Å². The smallest absolute Gasteiger partial charge is 0.205 e. The Morgan fingerprint density at radius 2 is 1.64 bits per heavy atom. The van der Waals surface area contributed by atoms with Crippen molar-refractivity contribution in [2.24, 2.45) is 28.6 Å². The number of carbonyl (C=O) groups excluding carboxylic acids is 1. The van der Waals surface area contributed by atoms with Crippen LogP contribution < -0.4 is 0 Å². The molecular weight excluding hydrogens is 172 g/mol. The van der Waals surface area contributed by atoms with E-state index in [0.717, 1.165) is 30.6 Å². The van der Waals surface area contributed by atoms with E-state index in [1.54, 1.807) is 0 Å². The maximum atomic E-state index is 11.3. The monoisotopic (exact) mass is 191 g/mol. The highest BCUT2D eigenvalue weighted by molar-refractivity contribution is 5.63. The summed E-state index contributed by atoms with van der Waals surface area (Å²) in [7, 11) is 0. The molecule has 0 saturated heterocycles. The molecule has 0 heterocycles. The third-order valence-electron chi connectivity index (χ3n) is 5.63. The molecule has 77 valence electrons. The Bertz CT molecular complexity index is 265. The van der Waals surface area contributed by atoms with Gasteiger partial charge in [0.2, 0.25) is 6.29 Å². The Hall–Kier alpha value is -0.330. The minimum absolute atomic E-state index is 0.0677. The molecule has 4 bridgehead atoms. The standard InChI is InChI=1S/C13H19O/c1-12(2)11-4-9-3-10(5-11)7-13(12,6-9)8-14/h9-11H,3-7H2,1-2H3. The van der Waals surface area contributed by atoms with E-state index in [4.69, 9.17) is 0 Å². The van der Waals surface area contributed by atoms with E-state index in [-0.39, 0.29) is 10.8 Å². The highest BCUT2D eigenvalue weighted by Crippen LogP contribution is 2.67. The second-order valence-corrected chi connectivity index (χ2v) is 6.45. The average Bonchev–Trinajstić information content (AvgIpc) is 2.13. The lowest BCUT2D eigenvalue weighted by Crippen LogP contribution is -2.58. The van der Waals surface area contributed by atoms with E-state index in [2.05, 4.69) is 20.1 Å². The van der Waals surface area contributed by atoms with E-state index in [1.807, 2.05) is 0 Å². The SMILES string of the molecule is CC1(C)C2CC3CC(C2)CC1([C]=O)C3. The first-order valence-electron chi connectivity index (χ1n) is 5.97. The van der Waals surface area contributed by atoms with E-state index in [0.29, 0.717) is 0 Å². The first kappa shape index (κ1) is 8.94. The summed E-state index contributed by atoms with van der Waals surface area (Å²) in [6.07, 6.45) is 8.88. The summed E-state index contributed by atoms with van der Waals surface area (Å²) in [6.45, 7) is 4.61. The topological polar surface area (TPSA) is 17.1 Å². The van der Waals surface area contributed by atoms with Crippen molar-refractivity contribution in [3.05, 3.63) is 0 Å². The van der Waals surface area contributed by atoms with Gasteiger partial charge in [-0.2, -0.15) is 0 Å². The molecule has 0 aromatic carbocycles. The molecule has 4 aliphatic rings. The molecule has 0 N–H and O–H groups in total. The van der Waals surface area contributed by atoms with Crippen LogP contribution in [0.2, 0.25) is 0 Å². The van der Waals surface area contributed by atoms with Crippen molar-refractivity contribution in [3.63, 3.8) is 0 Å². The lowest BCUT2D eigenvalue weighted by atomic mass is 9.40.